The highest BCUT2D eigenvalue weighted by molar-refractivity contribution is 6.05. The Bertz CT molecular complexity index is 720. The van der Waals surface area contributed by atoms with Gasteiger partial charge in [0.1, 0.15) is 0 Å². The molecule has 1 saturated heterocycles. The molecule has 2 heterocycles. The van der Waals surface area contributed by atoms with Crippen LogP contribution in [-0.4, -0.2) is 52.1 Å². The fourth-order valence-corrected chi connectivity index (χ4v) is 2.81. The number of aromatic amines is 1. The number of aromatic nitrogens is 2. The molecule has 22 heavy (non-hydrogen) atoms. The number of carbonyl (C=O) groups is 1. The molecule has 1 amide bonds. The van der Waals surface area contributed by atoms with Gasteiger partial charge in [0.2, 0.25) is 0 Å². The predicted octanol–water partition coefficient (Wildman–Crippen LogP) is 1.30. The van der Waals surface area contributed by atoms with Gasteiger partial charge < -0.3 is 10.2 Å². The molecule has 0 spiro atoms. The molecule has 0 aliphatic carbocycles. The fourth-order valence-electron chi connectivity index (χ4n) is 2.81. The van der Waals surface area contributed by atoms with Gasteiger partial charge in [-0.25, -0.2) is 0 Å². The van der Waals surface area contributed by atoms with Crippen LogP contribution < -0.4 is 5.32 Å². The lowest BCUT2D eigenvalue weighted by Crippen LogP contribution is -2.44. The highest BCUT2D eigenvalue weighted by Gasteiger charge is 2.26. The number of amides is 1. The topological polar surface area (TPSA) is 104 Å². The summed E-state index contributed by atoms with van der Waals surface area (Å²) in [5.41, 5.74) is 0.805. The number of fused-ring (bicyclic) bond motifs is 1. The van der Waals surface area contributed by atoms with Gasteiger partial charge in [0.05, 0.1) is 10.4 Å². The van der Waals surface area contributed by atoms with Crippen LogP contribution in [0, 0.1) is 10.1 Å². The average molecular weight is 303 g/mol. The first kappa shape index (κ1) is 14.5. The van der Waals surface area contributed by atoms with Crippen molar-refractivity contribution in [2.24, 2.45) is 0 Å². The molecule has 1 aliphatic rings. The summed E-state index contributed by atoms with van der Waals surface area (Å²) in [4.78, 5) is 24.8. The Morgan fingerprint density at radius 3 is 2.82 bits per heavy atom. The number of benzene rings is 1. The molecule has 1 aromatic carbocycles. The van der Waals surface area contributed by atoms with Gasteiger partial charge in [-0.15, -0.1) is 0 Å². The molecule has 8 heteroatoms. The van der Waals surface area contributed by atoms with E-state index < -0.39 is 4.92 Å². The van der Waals surface area contributed by atoms with E-state index in [0.29, 0.717) is 10.9 Å². The molecule has 1 aliphatic heterocycles. The van der Waals surface area contributed by atoms with Crippen molar-refractivity contribution >= 4 is 22.5 Å². The van der Waals surface area contributed by atoms with Crippen LogP contribution in [0.25, 0.3) is 10.9 Å². The van der Waals surface area contributed by atoms with Crippen molar-refractivity contribution in [3.05, 3.63) is 34.0 Å². The first-order valence-corrected chi connectivity index (χ1v) is 7.18. The van der Waals surface area contributed by atoms with E-state index in [1.165, 1.54) is 12.1 Å². The van der Waals surface area contributed by atoms with Crippen molar-refractivity contribution in [2.45, 2.75) is 18.9 Å². The van der Waals surface area contributed by atoms with Crippen LogP contribution in [0.4, 0.5) is 5.69 Å². The zero-order valence-electron chi connectivity index (χ0n) is 12.2. The van der Waals surface area contributed by atoms with Gasteiger partial charge in [-0.05, 0) is 32.0 Å². The summed E-state index contributed by atoms with van der Waals surface area (Å²) in [5, 5.41) is 21.5. The number of nitrogens with zero attached hydrogens (tertiary/aromatic N) is 3. The van der Waals surface area contributed by atoms with Crippen LogP contribution in [0.2, 0.25) is 0 Å². The van der Waals surface area contributed by atoms with Crippen molar-refractivity contribution < 1.29 is 9.72 Å². The summed E-state index contributed by atoms with van der Waals surface area (Å²) in [6, 6.07) is 4.52. The minimum Gasteiger partial charge on any atom is -0.337 e. The molecule has 2 N–H and O–H groups in total. The highest BCUT2D eigenvalue weighted by Crippen LogP contribution is 2.24. The molecule has 0 atom stereocenters. The maximum Gasteiger partial charge on any atom is 0.274 e. The molecule has 1 fully saturated rings. The Morgan fingerprint density at radius 1 is 1.41 bits per heavy atom. The number of hydrogen-bond acceptors (Lipinski definition) is 5. The largest absolute Gasteiger partial charge is 0.337 e. The molecule has 1 aromatic heterocycles. The maximum atomic E-state index is 12.7. The summed E-state index contributed by atoms with van der Waals surface area (Å²) in [5.74, 6) is -0.210. The number of nitrogens with one attached hydrogen (secondary N) is 2. The van der Waals surface area contributed by atoms with Crippen LogP contribution in [0.1, 0.15) is 23.3 Å². The van der Waals surface area contributed by atoms with Gasteiger partial charge in [0, 0.05) is 30.6 Å². The highest BCUT2D eigenvalue weighted by atomic mass is 16.6. The summed E-state index contributed by atoms with van der Waals surface area (Å²) >= 11 is 0. The van der Waals surface area contributed by atoms with E-state index in [0.717, 1.165) is 25.9 Å². The van der Waals surface area contributed by atoms with E-state index in [2.05, 4.69) is 15.5 Å². The fraction of sp³-hybridized carbons (Fsp3) is 0.429. The Labute approximate surface area is 126 Å². The predicted molar refractivity (Wildman–Crippen MR) is 80.7 cm³/mol. The third-order valence-electron chi connectivity index (χ3n) is 4.14. The summed E-state index contributed by atoms with van der Waals surface area (Å²) in [6.07, 6.45) is 1.79. The number of rotatable bonds is 3. The number of nitro benzene ring substituents is 1. The van der Waals surface area contributed by atoms with E-state index >= 15 is 0 Å². The van der Waals surface area contributed by atoms with Gasteiger partial charge >= 0.3 is 0 Å². The summed E-state index contributed by atoms with van der Waals surface area (Å²) < 4.78 is 0. The first-order valence-electron chi connectivity index (χ1n) is 7.18. The monoisotopic (exact) mass is 303 g/mol. The number of nitro groups is 1. The second-order valence-corrected chi connectivity index (χ2v) is 5.46. The lowest BCUT2D eigenvalue weighted by Gasteiger charge is -2.31. The summed E-state index contributed by atoms with van der Waals surface area (Å²) in [6.45, 7) is 1.77. The van der Waals surface area contributed by atoms with Crippen LogP contribution in [-0.2, 0) is 0 Å². The van der Waals surface area contributed by atoms with Crippen LogP contribution >= 0.6 is 0 Å². The number of H-pyrrole nitrogens is 1. The van der Waals surface area contributed by atoms with Gasteiger partial charge in [-0.2, -0.15) is 5.10 Å². The second kappa shape index (κ2) is 5.72. The van der Waals surface area contributed by atoms with Crippen LogP contribution in [0.15, 0.2) is 18.2 Å². The Hall–Kier alpha value is -2.48. The molecular weight excluding hydrogens is 286 g/mol. The van der Waals surface area contributed by atoms with Crippen molar-refractivity contribution in [2.75, 3.05) is 20.1 Å². The second-order valence-electron chi connectivity index (χ2n) is 5.46. The molecule has 0 radical (unpaired) electrons. The molecule has 2 aromatic rings. The van der Waals surface area contributed by atoms with Gasteiger partial charge in [-0.1, -0.05) is 0 Å². The van der Waals surface area contributed by atoms with Crippen molar-refractivity contribution in [1.29, 1.82) is 0 Å². The molecule has 116 valence electrons. The molecule has 0 saturated carbocycles. The molecule has 0 unspecified atom stereocenters. The quantitative estimate of drug-likeness (QED) is 0.657. The van der Waals surface area contributed by atoms with E-state index in [4.69, 9.17) is 0 Å². The minimum absolute atomic E-state index is 0.0486. The molecule has 8 nitrogen and oxygen atoms in total. The SMILES string of the molecule is CN(C(=O)c1n[nH]c2ccc([N+](=O)[O-])cc12)C1CCNCC1. The molecule has 0 bridgehead atoms. The normalized spacial score (nSPS) is 15.9. The Balaban J connectivity index is 1.92. The minimum atomic E-state index is -0.475. The number of piperidine rings is 1. The van der Waals surface area contributed by atoms with Crippen molar-refractivity contribution in [1.82, 2.24) is 20.4 Å². The first-order chi connectivity index (χ1) is 10.6. The van der Waals surface area contributed by atoms with Gasteiger partial charge in [-0.3, -0.25) is 20.0 Å². The lowest BCUT2D eigenvalue weighted by molar-refractivity contribution is -0.384. The third kappa shape index (κ3) is 2.52. The van der Waals surface area contributed by atoms with Crippen LogP contribution in [0.5, 0.6) is 0 Å². The van der Waals surface area contributed by atoms with E-state index in [-0.39, 0.29) is 23.3 Å². The van der Waals surface area contributed by atoms with Gasteiger partial charge in [0.25, 0.3) is 11.6 Å². The zero-order chi connectivity index (χ0) is 15.7. The zero-order valence-corrected chi connectivity index (χ0v) is 12.2. The third-order valence-corrected chi connectivity index (χ3v) is 4.14. The van der Waals surface area contributed by atoms with E-state index in [9.17, 15) is 14.9 Å². The molecular formula is C14H17N5O3. The smallest absolute Gasteiger partial charge is 0.274 e. The number of non-ortho nitro benzene ring substituents is 1. The van der Waals surface area contributed by atoms with E-state index in [1.807, 2.05) is 0 Å². The molecule has 3 rings (SSSR count). The van der Waals surface area contributed by atoms with Crippen molar-refractivity contribution in [3.63, 3.8) is 0 Å². The van der Waals surface area contributed by atoms with Gasteiger partial charge in [0.15, 0.2) is 5.69 Å². The number of carbonyl (C=O) groups excluding carboxylic acids is 1. The van der Waals surface area contributed by atoms with Crippen LogP contribution in [0.3, 0.4) is 0 Å². The average Bonchev–Trinajstić information content (AvgIpc) is 2.97. The maximum absolute atomic E-state index is 12.7. The Kier molecular flexibility index (Phi) is 3.76. The number of hydrogen-bond donors (Lipinski definition) is 2. The standard InChI is InChI=1S/C14H17N5O3/c1-18(9-4-6-15-7-5-9)14(20)13-11-8-10(19(21)22)2-3-12(11)16-17-13/h2-3,8-9,15H,4-7H2,1H3,(H,16,17). The summed E-state index contributed by atoms with van der Waals surface area (Å²) in [7, 11) is 1.76. The van der Waals surface area contributed by atoms with Crippen molar-refractivity contribution in [3.8, 4) is 0 Å². The lowest BCUT2D eigenvalue weighted by atomic mass is 10.0. The Morgan fingerprint density at radius 2 is 2.14 bits per heavy atom. The van der Waals surface area contributed by atoms with E-state index in [1.54, 1.807) is 18.0 Å².